The number of anilines is 1. The van der Waals surface area contributed by atoms with Crippen LogP contribution in [-0.2, 0) is 0 Å². The number of benzene rings is 2. The van der Waals surface area contributed by atoms with E-state index in [2.05, 4.69) is 24.1 Å². The maximum absolute atomic E-state index is 9.44. The van der Waals surface area contributed by atoms with E-state index in [0.29, 0.717) is 6.61 Å². The molecule has 0 saturated heterocycles. The Labute approximate surface area is 106 Å². The Morgan fingerprint density at radius 2 is 1.94 bits per heavy atom. The molecule has 0 aliphatic carbocycles. The number of ether oxygens (including phenoxy) is 1. The van der Waals surface area contributed by atoms with Crippen molar-refractivity contribution in [3.63, 3.8) is 0 Å². The van der Waals surface area contributed by atoms with Gasteiger partial charge in [0.2, 0.25) is 0 Å². The number of phenolic OH excluding ortho intramolecular Hbond substituents is 1. The van der Waals surface area contributed by atoms with E-state index in [1.165, 1.54) is 0 Å². The Morgan fingerprint density at radius 1 is 1.17 bits per heavy atom. The standard InChI is InChI=1S/C15H15NO2/c1-16(11-5-3-2-4-6-11)14-10-18-15-9-12(17)7-8-13(14)15/h2-9,14,17H,10H2,1H3. The van der Waals surface area contributed by atoms with Crippen molar-refractivity contribution in [2.75, 3.05) is 18.6 Å². The fourth-order valence-corrected chi connectivity index (χ4v) is 2.35. The molecule has 1 aliphatic rings. The van der Waals surface area contributed by atoms with Gasteiger partial charge in [0.25, 0.3) is 0 Å². The number of hydrogen-bond acceptors (Lipinski definition) is 3. The second-order valence-corrected chi connectivity index (χ2v) is 4.50. The Balaban J connectivity index is 1.93. The molecule has 0 bridgehead atoms. The summed E-state index contributed by atoms with van der Waals surface area (Å²) in [5.74, 6) is 1.03. The molecule has 2 aromatic carbocycles. The van der Waals surface area contributed by atoms with Gasteiger partial charge in [-0.1, -0.05) is 18.2 Å². The third kappa shape index (κ3) is 1.78. The molecule has 1 unspecified atom stereocenters. The molecule has 0 saturated carbocycles. The van der Waals surface area contributed by atoms with E-state index in [0.717, 1.165) is 17.0 Å². The first-order valence-corrected chi connectivity index (χ1v) is 5.99. The van der Waals surface area contributed by atoms with Crippen molar-refractivity contribution in [3.8, 4) is 11.5 Å². The van der Waals surface area contributed by atoms with Crippen LogP contribution in [0.25, 0.3) is 0 Å². The lowest BCUT2D eigenvalue weighted by Gasteiger charge is -2.25. The molecule has 1 aliphatic heterocycles. The van der Waals surface area contributed by atoms with E-state index in [1.54, 1.807) is 12.1 Å². The van der Waals surface area contributed by atoms with Gasteiger partial charge in [-0.3, -0.25) is 0 Å². The number of para-hydroxylation sites is 1. The smallest absolute Gasteiger partial charge is 0.128 e. The molecule has 0 fully saturated rings. The number of phenols is 1. The predicted octanol–water partition coefficient (Wildman–Crippen LogP) is 2.96. The summed E-state index contributed by atoms with van der Waals surface area (Å²) >= 11 is 0. The molecular weight excluding hydrogens is 226 g/mol. The molecule has 1 heterocycles. The predicted molar refractivity (Wildman–Crippen MR) is 71.2 cm³/mol. The molecule has 0 radical (unpaired) electrons. The van der Waals surface area contributed by atoms with Crippen LogP contribution >= 0.6 is 0 Å². The summed E-state index contributed by atoms with van der Waals surface area (Å²) in [6.45, 7) is 0.615. The number of aromatic hydroxyl groups is 1. The minimum absolute atomic E-state index is 0.197. The first kappa shape index (κ1) is 11.0. The van der Waals surface area contributed by atoms with Crippen LogP contribution in [0.2, 0.25) is 0 Å². The minimum atomic E-state index is 0.197. The second kappa shape index (κ2) is 4.26. The van der Waals surface area contributed by atoms with Gasteiger partial charge in [-0.15, -0.1) is 0 Å². The normalized spacial score (nSPS) is 17.1. The fraction of sp³-hybridized carbons (Fsp3) is 0.200. The zero-order chi connectivity index (χ0) is 12.5. The lowest BCUT2D eigenvalue weighted by atomic mass is 10.1. The van der Waals surface area contributed by atoms with Crippen molar-refractivity contribution in [1.29, 1.82) is 0 Å². The highest BCUT2D eigenvalue weighted by Crippen LogP contribution is 2.39. The number of likely N-dealkylation sites (N-methyl/N-ethyl adjacent to an activating group) is 1. The third-order valence-electron chi connectivity index (χ3n) is 3.38. The summed E-state index contributed by atoms with van der Waals surface area (Å²) < 4.78 is 5.63. The fourth-order valence-electron chi connectivity index (χ4n) is 2.35. The zero-order valence-electron chi connectivity index (χ0n) is 10.2. The molecule has 3 heteroatoms. The molecule has 1 atom stereocenters. The van der Waals surface area contributed by atoms with Crippen molar-refractivity contribution in [3.05, 3.63) is 54.1 Å². The quantitative estimate of drug-likeness (QED) is 0.877. The Kier molecular flexibility index (Phi) is 2.59. The number of hydrogen-bond donors (Lipinski definition) is 1. The monoisotopic (exact) mass is 241 g/mol. The van der Waals surface area contributed by atoms with Gasteiger partial charge < -0.3 is 14.7 Å². The summed E-state index contributed by atoms with van der Waals surface area (Å²) in [5, 5.41) is 9.44. The maximum Gasteiger partial charge on any atom is 0.128 e. The molecule has 18 heavy (non-hydrogen) atoms. The van der Waals surface area contributed by atoms with E-state index in [-0.39, 0.29) is 11.8 Å². The van der Waals surface area contributed by atoms with E-state index in [4.69, 9.17) is 4.74 Å². The van der Waals surface area contributed by atoms with Gasteiger partial charge in [-0.05, 0) is 24.3 Å². The van der Waals surface area contributed by atoms with Gasteiger partial charge in [0.1, 0.15) is 18.1 Å². The average Bonchev–Trinajstić information content (AvgIpc) is 2.81. The largest absolute Gasteiger partial charge is 0.508 e. The lowest BCUT2D eigenvalue weighted by Crippen LogP contribution is -2.25. The third-order valence-corrected chi connectivity index (χ3v) is 3.38. The van der Waals surface area contributed by atoms with Crippen LogP contribution < -0.4 is 9.64 Å². The first-order valence-electron chi connectivity index (χ1n) is 5.99. The molecule has 92 valence electrons. The van der Waals surface area contributed by atoms with Crippen LogP contribution in [0.3, 0.4) is 0 Å². The zero-order valence-corrected chi connectivity index (χ0v) is 10.2. The van der Waals surface area contributed by atoms with Crippen LogP contribution in [0, 0.1) is 0 Å². The molecule has 3 nitrogen and oxygen atoms in total. The highest BCUT2D eigenvalue weighted by Gasteiger charge is 2.27. The van der Waals surface area contributed by atoms with E-state index < -0.39 is 0 Å². The van der Waals surface area contributed by atoms with Gasteiger partial charge in [0, 0.05) is 24.4 Å². The minimum Gasteiger partial charge on any atom is -0.508 e. The summed E-state index contributed by atoms with van der Waals surface area (Å²) in [7, 11) is 2.06. The number of rotatable bonds is 2. The first-order chi connectivity index (χ1) is 8.75. The molecule has 3 rings (SSSR count). The van der Waals surface area contributed by atoms with Crippen molar-refractivity contribution in [1.82, 2.24) is 0 Å². The van der Waals surface area contributed by atoms with Crippen LogP contribution in [-0.4, -0.2) is 18.8 Å². The molecular formula is C15H15NO2. The molecule has 0 amide bonds. The Hall–Kier alpha value is -2.16. The van der Waals surface area contributed by atoms with Crippen molar-refractivity contribution < 1.29 is 9.84 Å². The van der Waals surface area contributed by atoms with Gasteiger partial charge in [0.15, 0.2) is 0 Å². The van der Waals surface area contributed by atoms with Gasteiger partial charge in [0.05, 0.1) is 6.04 Å². The number of fused-ring (bicyclic) bond motifs is 1. The molecule has 0 aromatic heterocycles. The molecule has 0 spiro atoms. The topological polar surface area (TPSA) is 32.7 Å². The Bertz CT molecular complexity index is 554. The summed E-state index contributed by atoms with van der Waals surface area (Å²) in [6, 6.07) is 15.7. The van der Waals surface area contributed by atoms with E-state index in [9.17, 15) is 5.11 Å². The van der Waals surface area contributed by atoms with Crippen molar-refractivity contribution in [2.45, 2.75) is 6.04 Å². The van der Waals surface area contributed by atoms with E-state index >= 15 is 0 Å². The summed E-state index contributed by atoms with van der Waals surface area (Å²) in [4.78, 5) is 2.20. The SMILES string of the molecule is CN(c1ccccc1)C1COc2cc(O)ccc21. The highest BCUT2D eigenvalue weighted by atomic mass is 16.5. The summed E-state index contributed by atoms with van der Waals surface area (Å²) in [5.41, 5.74) is 2.28. The summed E-state index contributed by atoms with van der Waals surface area (Å²) in [6.07, 6.45) is 0. The second-order valence-electron chi connectivity index (χ2n) is 4.50. The lowest BCUT2D eigenvalue weighted by molar-refractivity contribution is 0.328. The van der Waals surface area contributed by atoms with E-state index in [1.807, 2.05) is 24.3 Å². The molecule has 2 aromatic rings. The van der Waals surface area contributed by atoms with Gasteiger partial charge in [-0.25, -0.2) is 0 Å². The van der Waals surface area contributed by atoms with Crippen molar-refractivity contribution in [2.24, 2.45) is 0 Å². The maximum atomic E-state index is 9.44. The van der Waals surface area contributed by atoms with Gasteiger partial charge in [-0.2, -0.15) is 0 Å². The highest BCUT2D eigenvalue weighted by molar-refractivity contribution is 5.53. The number of nitrogens with zero attached hydrogens (tertiary/aromatic N) is 1. The average molecular weight is 241 g/mol. The van der Waals surface area contributed by atoms with Crippen LogP contribution in [0.15, 0.2) is 48.5 Å². The van der Waals surface area contributed by atoms with Gasteiger partial charge >= 0.3 is 0 Å². The van der Waals surface area contributed by atoms with Crippen LogP contribution in [0.1, 0.15) is 11.6 Å². The van der Waals surface area contributed by atoms with Crippen molar-refractivity contribution >= 4 is 5.69 Å². The Morgan fingerprint density at radius 3 is 2.72 bits per heavy atom. The van der Waals surface area contributed by atoms with Crippen LogP contribution in [0.5, 0.6) is 11.5 Å². The van der Waals surface area contributed by atoms with Crippen LogP contribution in [0.4, 0.5) is 5.69 Å². The molecule has 1 N–H and O–H groups in total.